The molecule has 1 heterocycles. The van der Waals surface area contributed by atoms with Crippen LogP contribution < -0.4 is 10.1 Å². The molecule has 0 fully saturated rings. The van der Waals surface area contributed by atoms with Crippen LogP contribution in [0.25, 0.3) is 6.08 Å². The number of nitrogens with zero attached hydrogens (tertiary/aromatic N) is 1. The van der Waals surface area contributed by atoms with Crippen LogP contribution in [0.1, 0.15) is 5.56 Å². The van der Waals surface area contributed by atoms with E-state index in [1.165, 1.54) is 42.7 Å². The Morgan fingerprint density at radius 3 is 2.80 bits per heavy atom. The summed E-state index contributed by atoms with van der Waals surface area (Å²) in [5, 5.41) is 16.9. The van der Waals surface area contributed by atoms with Crippen LogP contribution in [0.2, 0.25) is 0 Å². The summed E-state index contributed by atoms with van der Waals surface area (Å²) < 4.78 is 9.83. The van der Waals surface area contributed by atoms with Crippen molar-refractivity contribution in [1.82, 2.24) is 0 Å². The van der Waals surface area contributed by atoms with E-state index >= 15 is 0 Å². The van der Waals surface area contributed by atoms with E-state index in [-0.39, 0.29) is 17.1 Å². The van der Waals surface area contributed by atoms with Crippen molar-refractivity contribution in [2.45, 2.75) is 0 Å². The number of ether oxygens (including phenoxy) is 2. The maximum absolute atomic E-state index is 11.8. The first kappa shape index (κ1) is 18.1. The first-order valence-electron chi connectivity index (χ1n) is 6.99. The van der Waals surface area contributed by atoms with E-state index in [2.05, 4.69) is 5.32 Å². The number of nitro groups is 1. The molecule has 8 nitrogen and oxygen atoms in total. The Bertz CT molecular complexity index is 801. The van der Waals surface area contributed by atoms with Crippen LogP contribution in [-0.2, 0) is 14.3 Å². The van der Waals surface area contributed by atoms with Gasteiger partial charge in [-0.3, -0.25) is 14.9 Å². The maximum atomic E-state index is 11.8. The van der Waals surface area contributed by atoms with Gasteiger partial charge in [0.25, 0.3) is 11.6 Å². The molecule has 9 heteroatoms. The van der Waals surface area contributed by atoms with Gasteiger partial charge < -0.3 is 14.8 Å². The molecule has 1 amide bonds. The highest BCUT2D eigenvalue weighted by atomic mass is 32.1. The number of methoxy groups -OCH3 is 1. The van der Waals surface area contributed by atoms with Crippen LogP contribution in [0.4, 0.5) is 11.4 Å². The first-order valence-corrected chi connectivity index (χ1v) is 7.93. The number of benzene rings is 1. The van der Waals surface area contributed by atoms with Gasteiger partial charge in [-0.25, -0.2) is 4.79 Å². The molecule has 0 saturated carbocycles. The van der Waals surface area contributed by atoms with Gasteiger partial charge in [0.2, 0.25) is 0 Å². The second-order valence-corrected chi connectivity index (χ2v) is 5.47. The van der Waals surface area contributed by atoms with E-state index in [9.17, 15) is 19.7 Å². The smallest absolute Gasteiger partial charge is 0.331 e. The minimum Gasteiger partial charge on any atom is -0.494 e. The van der Waals surface area contributed by atoms with E-state index in [1.807, 2.05) is 16.8 Å². The molecule has 0 unspecified atom stereocenters. The summed E-state index contributed by atoms with van der Waals surface area (Å²) in [5.41, 5.74) is 0.935. The zero-order chi connectivity index (χ0) is 18.2. The molecule has 0 radical (unpaired) electrons. The van der Waals surface area contributed by atoms with Crippen LogP contribution in [-0.4, -0.2) is 30.5 Å². The number of nitro benzene ring substituents is 1. The van der Waals surface area contributed by atoms with Gasteiger partial charge in [0, 0.05) is 12.1 Å². The van der Waals surface area contributed by atoms with E-state index in [1.54, 1.807) is 6.08 Å². The van der Waals surface area contributed by atoms with Crippen LogP contribution in [0.5, 0.6) is 5.75 Å². The lowest BCUT2D eigenvalue weighted by Gasteiger charge is -2.09. The topological polar surface area (TPSA) is 108 Å². The number of carbonyl (C=O) groups excluding carboxylic acids is 2. The molecule has 0 saturated heterocycles. The predicted molar refractivity (Wildman–Crippen MR) is 92.6 cm³/mol. The average molecular weight is 362 g/mol. The molecule has 0 aliphatic carbocycles. The van der Waals surface area contributed by atoms with Gasteiger partial charge in [-0.15, -0.1) is 0 Å². The normalized spacial score (nSPS) is 10.4. The number of non-ortho nitro benzene ring substituents is 1. The number of carbonyl (C=O) groups is 2. The molecule has 130 valence electrons. The third-order valence-corrected chi connectivity index (χ3v) is 3.67. The summed E-state index contributed by atoms with van der Waals surface area (Å²) in [6.07, 6.45) is 2.80. The van der Waals surface area contributed by atoms with Gasteiger partial charge in [-0.2, -0.15) is 11.3 Å². The summed E-state index contributed by atoms with van der Waals surface area (Å²) in [6.45, 7) is -0.493. The number of anilines is 1. The summed E-state index contributed by atoms with van der Waals surface area (Å²) in [5.74, 6) is -1.12. The Labute approximate surface area is 146 Å². The molecule has 1 aromatic carbocycles. The first-order chi connectivity index (χ1) is 12.0. The summed E-state index contributed by atoms with van der Waals surface area (Å²) in [6, 6.07) is 5.59. The fourth-order valence-corrected chi connectivity index (χ4v) is 2.43. The van der Waals surface area contributed by atoms with Crippen molar-refractivity contribution >= 4 is 40.7 Å². The molecular formula is C16H14N2O6S. The SMILES string of the molecule is COc1cc([N+](=O)[O-])ccc1NC(=O)COC(=O)/C=C/c1ccsc1. The zero-order valence-corrected chi connectivity index (χ0v) is 13.9. The van der Waals surface area contributed by atoms with Crippen molar-refractivity contribution in [2.24, 2.45) is 0 Å². The average Bonchev–Trinajstić information content (AvgIpc) is 3.11. The van der Waals surface area contributed by atoms with Crippen molar-refractivity contribution in [3.63, 3.8) is 0 Å². The Balaban J connectivity index is 1.89. The lowest BCUT2D eigenvalue weighted by molar-refractivity contribution is -0.384. The molecule has 2 rings (SSSR count). The monoisotopic (exact) mass is 362 g/mol. The molecular weight excluding hydrogens is 348 g/mol. The lowest BCUT2D eigenvalue weighted by Crippen LogP contribution is -2.20. The Morgan fingerprint density at radius 2 is 2.16 bits per heavy atom. The number of rotatable bonds is 7. The largest absolute Gasteiger partial charge is 0.494 e. The number of hydrogen-bond donors (Lipinski definition) is 1. The fraction of sp³-hybridized carbons (Fsp3) is 0.125. The second kappa shape index (κ2) is 8.60. The Kier molecular flexibility index (Phi) is 6.24. The number of esters is 1. The van der Waals surface area contributed by atoms with Gasteiger partial charge in [-0.05, 0) is 34.5 Å². The molecule has 0 spiro atoms. The van der Waals surface area contributed by atoms with E-state index < -0.39 is 23.4 Å². The van der Waals surface area contributed by atoms with Gasteiger partial charge >= 0.3 is 5.97 Å². The number of hydrogen-bond acceptors (Lipinski definition) is 7. The van der Waals surface area contributed by atoms with Gasteiger partial charge in [0.15, 0.2) is 6.61 Å². The third kappa shape index (κ3) is 5.43. The number of thiophene rings is 1. The summed E-state index contributed by atoms with van der Waals surface area (Å²) in [7, 11) is 1.32. The van der Waals surface area contributed by atoms with Crippen molar-refractivity contribution < 1.29 is 24.0 Å². The maximum Gasteiger partial charge on any atom is 0.331 e. The predicted octanol–water partition coefficient (Wildman–Crippen LogP) is 2.86. The number of amides is 1. The van der Waals surface area contributed by atoms with Gasteiger partial charge in [0.1, 0.15) is 5.75 Å². The van der Waals surface area contributed by atoms with Crippen molar-refractivity contribution in [3.05, 3.63) is 56.8 Å². The highest BCUT2D eigenvalue weighted by molar-refractivity contribution is 7.08. The minimum atomic E-state index is -0.656. The third-order valence-electron chi connectivity index (χ3n) is 2.97. The van der Waals surface area contributed by atoms with Crippen LogP contribution in [0, 0.1) is 10.1 Å². The highest BCUT2D eigenvalue weighted by Gasteiger charge is 2.14. The Morgan fingerprint density at radius 1 is 1.36 bits per heavy atom. The molecule has 0 atom stereocenters. The molecule has 1 aromatic heterocycles. The molecule has 0 bridgehead atoms. The number of nitrogens with one attached hydrogen (secondary N) is 1. The standard InChI is InChI=1S/C16H14N2O6S/c1-23-14-8-12(18(21)22)3-4-13(14)17-15(19)9-24-16(20)5-2-11-6-7-25-10-11/h2-8,10H,9H2,1H3,(H,17,19)/b5-2+. The zero-order valence-electron chi connectivity index (χ0n) is 13.1. The molecule has 1 N–H and O–H groups in total. The van der Waals surface area contributed by atoms with Crippen molar-refractivity contribution in [1.29, 1.82) is 0 Å². The lowest BCUT2D eigenvalue weighted by atomic mass is 10.2. The van der Waals surface area contributed by atoms with Crippen LogP contribution in [0.15, 0.2) is 41.1 Å². The quantitative estimate of drug-likeness (QED) is 0.351. The summed E-state index contributed by atoms with van der Waals surface area (Å²) >= 11 is 1.50. The van der Waals surface area contributed by atoms with E-state index in [4.69, 9.17) is 9.47 Å². The highest BCUT2D eigenvalue weighted by Crippen LogP contribution is 2.28. The van der Waals surface area contributed by atoms with Crippen molar-refractivity contribution in [3.8, 4) is 5.75 Å². The fourth-order valence-electron chi connectivity index (χ4n) is 1.80. The molecule has 25 heavy (non-hydrogen) atoms. The Hall–Kier alpha value is -3.20. The van der Waals surface area contributed by atoms with E-state index in [0.29, 0.717) is 0 Å². The second-order valence-electron chi connectivity index (χ2n) is 4.69. The van der Waals surface area contributed by atoms with Gasteiger partial charge in [0.05, 0.1) is 23.8 Å². The van der Waals surface area contributed by atoms with Crippen molar-refractivity contribution in [2.75, 3.05) is 19.0 Å². The molecule has 0 aliphatic rings. The molecule has 0 aliphatic heterocycles. The van der Waals surface area contributed by atoms with Gasteiger partial charge in [-0.1, -0.05) is 0 Å². The van der Waals surface area contributed by atoms with Crippen LogP contribution in [0.3, 0.4) is 0 Å². The van der Waals surface area contributed by atoms with Crippen LogP contribution >= 0.6 is 11.3 Å². The minimum absolute atomic E-state index is 0.131. The van der Waals surface area contributed by atoms with E-state index in [0.717, 1.165) is 5.56 Å². The molecule has 2 aromatic rings. The summed E-state index contributed by atoms with van der Waals surface area (Å²) in [4.78, 5) is 33.5.